The number of anilines is 1. The minimum absolute atomic E-state index is 0.604. The van der Waals surface area contributed by atoms with E-state index in [1.807, 2.05) is 6.20 Å². The highest BCUT2D eigenvalue weighted by atomic mass is 79.9. The van der Waals surface area contributed by atoms with E-state index in [-0.39, 0.29) is 0 Å². The average molecular weight is 281 g/mol. The Kier molecular flexibility index (Phi) is 3.00. The van der Waals surface area contributed by atoms with E-state index >= 15 is 0 Å². The quantitative estimate of drug-likeness (QED) is 0.781. The van der Waals surface area contributed by atoms with Gasteiger partial charge in [-0.05, 0) is 15.9 Å². The van der Waals surface area contributed by atoms with E-state index in [9.17, 15) is 4.21 Å². The van der Waals surface area contributed by atoms with Crippen LogP contribution in [0.2, 0.25) is 0 Å². The lowest BCUT2D eigenvalue weighted by Crippen LogP contribution is -2.37. The average Bonchev–Trinajstić information content (AvgIpc) is 2.53. The third kappa shape index (κ3) is 2.30. The maximum Gasteiger partial charge on any atom is 0.186 e. The summed E-state index contributed by atoms with van der Waals surface area (Å²) < 4.78 is 12.2. The van der Waals surface area contributed by atoms with Crippen molar-refractivity contribution in [2.24, 2.45) is 0 Å². The summed E-state index contributed by atoms with van der Waals surface area (Å²) in [6.45, 7) is 1.74. The summed E-state index contributed by atoms with van der Waals surface area (Å²) in [6.07, 6.45) is 1.81. The SMILES string of the molecule is O=S1CCN(c2ncc(Br)s2)CC1. The minimum atomic E-state index is -0.604. The molecule has 1 saturated heterocycles. The normalized spacial score (nSPS) is 19.3. The van der Waals surface area contributed by atoms with E-state index in [0.29, 0.717) is 0 Å². The predicted molar refractivity (Wildman–Crippen MR) is 59.9 cm³/mol. The zero-order valence-electron chi connectivity index (χ0n) is 6.90. The summed E-state index contributed by atoms with van der Waals surface area (Å²) in [6, 6.07) is 0. The molecule has 3 nitrogen and oxygen atoms in total. The highest BCUT2D eigenvalue weighted by Gasteiger charge is 2.17. The third-order valence-corrected chi connectivity index (χ3v) is 4.73. The topological polar surface area (TPSA) is 33.2 Å². The standard InChI is InChI=1S/C7H9BrN2OS2/c8-6-5-9-7(12-6)10-1-3-13(11)4-2-10/h5H,1-4H2. The molecule has 0 radical (unpaired) electrons. The van der Waals surface area contributed by atoms with Gasteiger partial charge in [0, 0.05) is 35.4 Å². The summed E-state index contributed by atoms with van der Waals surface area (Å²) in [5.74, 6) is 1.55. The van der Waals surface area contributed by atoms with Gasteiger partial charge in [-0.2, -0.15) is 0 Å². The smallest absolute Gasteiger partial charge is 0.186 e. The van der Waals surface area contributed by atoms with E-state index in [1.165, 1.54) is 0 Å². The molecule has 0 aliphatic carbocycles. The van der Waals surface area contributed by atoms with Crippen LogP contribution in [0.5, 0.6) is 0 Å². The number of hydrogen-bond donors (Lipinski definition) is 0. The number of nitrogens with zero attached hydrogens (tertiary/aromatic N) is 2. The highest BCUT2D eigenvalue weighted by Crippen LogP contribution is 2.27. The molecule has 0 amide bonds. The molecule has 1 aliphatic heterocycles. The Labute approximate surface area is 91.7 Å². The Bertz CT molecular complexity index is 318. The number of thiazole rings is 1. The molecule has 72 valence electrons. The first kappa shape index (κ1) is 9.61. The van der Waals surface area contributed by atoms with Gasteiger partial charge in [0.1, 0.15) is 0 Å². The fourth-order valence-electron chi connectivity index (χ4n) is 1.22. The van der Waals surface area contributed by atoms with Crippen molar-refractivity contribution in [2.75, 3.05) is 29.5 Å². The maximum absolute atomic E-state index is 11.1. The third-order valence-electron chi connectivity index (χ3n) is 1.91. The first-order valence-corrected chi connectivity index (χ1v) is 7.07. The predicted octanol–water partition coefficient (Wildman–Crippen LogP) is 1.47. The molecule has 0 aromatic carbocycles. The van der Waals surface area contributed by atoms with Crippen molar-refractivity contribution in [2.45, 2.75) is 0 Å². The molecule has 0 unspecified atom stereocenters. The van der Waals surface area contributed by atoms with Gasteiger partial charge in [-0.3, -0.25) is 4.21 Å². The van der Waals surface area contributed by atoms with Gasteiger partial charge < -0.3 is 4.90 Å². The van der Waals surface area contributed by atoms with Crippen molar-refractivity contribution in [1.29, 1.82) is 0 Å². The number of aromatic nitrogens is 1. The molecular weight excluding hydrogens is 272 g/mol. The van der Waals surface area contributed by atoms with E-state index in [0.717, 1.165) is 33.5 Å². The van der Waals surface area contributed by atoms with Crippen molar-refractivity contribution in [3.8, 4) is 0 Å². The molecule has 0 bridgehead atoms. The van der Waals surface area contributed by atoms with Crippen molar-refractivity contribution < 1.29 is 4.21 Å². The molecule has 1 aromatic rings. The molecule has 2 heterocycles. The molecular formula is C7H9BrN2OS2. The second-order valence-corrected chi connectivity index (χ2v) is 6.87. The molecule has 6 heteroatoms. The molecule has 1 aromatic heterocycles. The van der Waals surface area contributed by atoms with Gasteiger partial charge in [0.05, 0.1) is 9.98 Å². The summed E-state index contributed by atoms with van der Waals surface area (Å²) >= 11 is 5.01. The molecule has 0 saturated carbocycles. The lowest BCUT2D eigenvalue weighted by atomic mass is 10.5. The second kappa shape index (κ2) is 4.06. The molecule has 1 aliphatic rings. The minimum Gasteiger partial charge on any atom is -0.346 e. The second-order valence-electron chi connectivity index (χ2n) is 2.78. The van der Waals surface area contributed by atoms with Crippen LogP contribution < -0.4 is 4.90 Å². The highest BCUT2D eigenvalue weighted by molar-refractivity contribution is 9.11. The number of rotatable bonds is 1. The maximum atomic E-state index is 11.1. The van der Waals surface area contributed by atoms with Crippen molar-refractivity contribution >= 4 is 43.2 Å². The number of hydrogen-bond acceptors (Lipinski definition) is 4. The van der Waals surface area contributed by atoms with Crippen molar-refractivity contribution in [3.05, 3.63) is 9.98 Å². The fraction of sp³-hybridized carbons (Fsp3) is 0.571. The Morgan fingerprint density at radius 3 is 2.77 bits per heavy atom. The number of halogens is 1. The summed E-state index contributed by atoms with van der Waals surface area (Å²) in [5, 5.41) is 1.03. The van der Waals surface area contributed by atoms with Crippen LogP contribution >= 0.6 is 27.3 Å². The van der Waals surface area contributed by atoms with Gasteiger partial charge >= 0.3 is 0 Å². The molecule has 13 heavy (non-hydrogen) atoms. The zero-order chi connectivity index (χ0) is 9.26. The van der Waals surface area contributed by atoms with Gasteiger partial charge in [0.2, 0.25) is 0 Å². The van der Waals surface area contributed by atoms with E-state index in [4.69, 9.17) is 0 Å². The van der Waals surface area contributed by atoms with Crippen LogP contribution in [0.15, 0.2) is 9.98 Å². The molecule has 0 spiro atoms. The van der Waals surface area contributed by atoms with Crippen LogP contribution in [0, 0.1) is 0 Å². The monoisotopic (exact) mass is 280 g/mol. The van der Waals surface area contributed by atoms with Crippen LogP contribution in [-0.4, -0.2) is 33.8 Å². The Hall–Kier alpha value is 0.0600. The molecule has 1 fully saturated rings. The van der Waals surface area contributed by atoms with Gasteiger partial charge in [-0.25, -0.2) is 4.98 Å². The van der Waals surface area contributed by atoms with Crippen LogP contribution in [0.4, 0.5) is 5.13 Å². The van der Waals surface area contributed by atoms with E-state index in [2.05, 4.69) is 25.8 Å². The van der Waals surface area contributed by atoms with Crippen molar-refractivity contribution in [1.82, 2.24) is 4.98 Å². The first-order valence-electron chi connectivity index (χ1n) is 3.97. The lowest BCUT2D eigenvalue weighted by Gasteiger charge is -2.25. The summed E-state index contributed by atoms with van der Waals surface area (Å²) in [5.41, 5.74) is 0. The van der Waals surface area contributed by atoms with E-state index < -0.39 is 10.8 Å². The molecule has 0 atom stereocenters. The fourth-order valence-corrected chi connectivity index (χ4v) is 3.51. The van der Waals surface area contributed by atoms with Crippen LogP contribution in [-0.2, 0) is 10.8 Å². The van der Waals surface area contributed by atoms with Gasteiger partial charge in [-0.15, -0.1) is 0 Å². The van der Waals surface area contributed by atoms with Crippen LogP contribution in [0.25, 0.3) is 0 Å². The Morgan fingerprint density at radius 2 is 2.23 bits per heavy atom. The van der Waals surface area contributed by atoms with Gasteiger partial charge in [-0.1, -0.05) is 11.3 Å². The molecule has 0 N–H and O–H groups in total. The van der Waals surface area contributed by atoms with E-state index in [1.54, 1.807) is 11.3 Å². The van der Waals surface area contributed by atoms with Gasteiger partial charge in [0.15, 0.2) is 5.13 Å². The van der Waals surface area contributed by atoms with Crippen LogP contribution in [0.1, 0.15) is 0 Å². The Balaban J connectivity index is 2.06. The largest absolute Gasteiger partial charge is 0.346 e. The molecule has 2 rings (SSSR count). The van der Waals surface area contributed by atoms with Crippen molar-refractivity contribution in [3.63, 3.8) is 0 Å². The zero-order valence-corrected chi connectivity index (χ0v) is 10.1. The Morgan fingerprint density at radius 1 is 1.54 bits per heavy atom. The first-order chi connectivity index (χ1) is 6.25. The van der Waals surface area contributed by atoms with Gasteiger partial charge in [0.25, 0.3) is 0 Å². The van der Waals surface area contributed by atoms with Crippen LogP contribution in [0.3, 0.4) is 0 Å². The summed E-state index contributed by atoms with van der Waals surface area (Å²) in [4.78, 5) is 6.45. The summed E-state index contributed by atoms with van der Waals surface area (Å²) in [7, 11) is -0.604. The lowest BCUT2D eigenvalue weighted by molar-refractivity contribution is 0.673.